The fraction of sp³-hybridized carbons (Fsp3) is 0.694. The number of methoxy groups -OCH3 is 1. The van der Waals surface area contributed by atoms with Gasteiger partial charge in [0.25, 0.3) is 0 Å². The van der Waals surface area contributed by atoms with Gasteiger partial charge < -0.3 is 10.5 Å². The van der Waals surface area contributed by atoms with Gasteiger partial charge in [0.2, 0.25) is 0 Å². The first kappa shape index (κ1) is 27.3. The first-order chi connectivity index (χ1) is 18.4. The van der Waals surface area contributed by atoms with Crippen molar-refractivity contribution >= 4 is 11.5 Å². The van der Waals surface area contributed by atoms with E-state index in [9.17, 15) is 4.79 Å². The van der Waals surface area contributed by atoms with Crippen LogP contribution in [0.2, 0.25) is 0 Å². The second kappa shape index (κ2) is 8.81. The summed E-state index contributed by atoms with van der Waals surface area (Å²) in [6.45, 7) is 17.3. The Morgan fingerprint density at radius 1 is 0.923 bits per heavy atom. The maximum Gasteiger partial charge on any atom is 0.337 e. The number of carbonyl (C=O) groups is 1. The van der Waals surface area contributed by atoms with E-state index in [-0.39, 0.29) is 16.9 Å². The molecule has 2 N–H and O–H groups in total. The van der Waals surface area contributed by atoms with Crippen molar-refractivity contribution in [2.45, 2.75) is 97.9 Å². The van der Waals surface area contributed by atoms with Crippen molar-refractivity contribution in [2.24, 2.45) is 57.0 Å². The summed E-state index contributed by atoms with van der Waals surface area (Å²) >= 11 is 0. The third-order valence-electron chi connectivity index (χ3n) is 14.0. The summed E-state index contributed by atoms with van der Waals surface area (Å²) in [5.74, 6) is 3.04. The summed E-state index contributed by atoms with van der Waals surface area (Å²) in [6, 6.07) is 8.10. The van der Waals surface area contributed by atoms with E-state index in [1.54, 1.807) is 0 Å². The number of carbonyl (C=O) groups excluding carboxylic acids is 1. The van der Waals surface area contributed by atoms with Gasteiger partial charge in [0.15, 0.2) is 0 Å². The van der Waals surface area contributed by atoms with Crippen LogP contribution >= 0.6 is 0 Å². The van der Waals surface area contributed by atoms with E-state index in [0.717, 1.165) is 18.3 Å². The van der Waals surface area contributed by atoms with Gasteiger partial charge in [0.1, 0.15) is 0 Å². The van der Waals surface area contributed by atoms with Crippen LogP contribution in [0.15, 0.2) is 43.0 Å². The van der Waals surface area contributed by atoms with Crippen molar-refractivity contribution in [3.63, 3.8) is 0 Å². The highest BCUT2D eigenvalue weighted by Crippen LogP contribution is 2.76. The van der Waals surface area contributed by atoms with Crippen LogP contribution in [-0.2, 0) is 4.74 Å². The Kier molecular flexibility index (Phi) is 6.17. The second-order valence-electron chi connectivity index (χ2n) is 15.5. The van der Waals surface area contributed by atoms with Crippen LogP contribution in [0.3, 0.4) is 0 Å². The molecule has 0 spiro atoms. The van der Waals surface area contributed by atoms with E-state index in [1.807, 2.05) is 12.1 Å². The van der Waals surface area contributed by atoms with Gasteiger partial charge in [-0.05, 0) is 132 Å². The fourth-order valence-electron chi connectivity index (χ4n) is 12.0. The SMILES string of the molecule is C=C[C@@H]1CC[C@]2(N)CC[C@]3(C)[C@H](CC[C@@H]4[C@@]5(C)CC=C(c6ccc(C(=O)OC)cc6)C(C)(C)[C@@H]5CC[C@]43C)[C@@H]12. The summed E-state index contributed by atoms with van der Waals surface area (Å²) in [4.78, 5) is 12.0. The monoisotopic (exact) mass is 529 g/mol. The lowest BCUT2D eigenvalue weighted by Gasteiger charge is -2.72. The van der Waals surface area contributed by atoms with Gasteiger partial charge in [-0.2, -0.15) is 0 Å². The van der Waals surface area contributed by atoms with Crippen LogP contribution < -0.4 is 5.73 Å². The smallest absolute Gasteiger partial charge is 0.337 e. The zero-order valence-corrected chi connectivity index (χ0v) is 25.3. The Morgan fingerprint density at radius 2 is 1.64 bits per heavy atom. The Bertz CT molecular complexity index is 1200. The van der Waals surface area contributed by atoms with E-state index >= 15 is 0 Å². The van der Waals surface area contributed by atoms with Crippen molar-refractivity contribution in [1.29, 1.82) is 0 Å². The molecule has 9 atom stereocenters. The Hall–Kier alpha value is -1.87. The number of ether oxygens (including phenoxy) is 1. The maximum atomic E-state index is 12.0. The third kappa shape index (κ3) is 3.53. The van der Waals surface area contributed by atoms with Crippen molar-refractivity contribution in [1.82, 2.24) is 0 Å². The average molecular weight is 530 g/mol. The van der Waals surface area contributed by atoms with E-state index < -0.39 is 0 Å². The van der Waals surface area contributed by atoms with Crippen LogP contribution in [0.25, 0.3) is 5.57 Å². The van der Waals surface area contributed by atoms with Gasteiger partial charge in [-0.1, -0.05) is 58.9 Å². The minimum Gasteiger partial charge on any atom is -0.465 e. The molecule has 0 saturated heterocycles. The van der Waals surface area contributed by atoms with Crippen molar-refractivity contribution in [3.8, 4) is 0 Å². The van der Waals surface area contributed by atoms with Gasteiger partial charge in [0.05, 0.1) is 12.7 Å². The van der Waals surface area contributed by atoms with Gasteiger partial charge in [-0.15, -0.1) is 6.58 Å². The zero-order chi connectivity index (χ0) is 28.0. The van der Waals surface area contributed by atoms with E-state index in [2.05, 4.69) is 65.5 Å². The minimum atomic E-state index is -0.270. The average Bonchev–Trinajstić information content (AvgIpc) is 3.25. The lowest BCUT2D eigenvalue weighted by Crippen LogP contribution is -2.67. The van der Waals surface area contributed by atoms with Crippen LogP contribution in [0, 0.1) is 51.2 Å². The number of hydrogen-bond acceptors (Lipinski definition) is 3. The third-order valence-corrected chi connectivity index (χ3v) is 14.0. The van der Waals surface area contributed by atoms with E-state index in [1.165, 1.54) is 69.6 Å². The van der Waals surface area contributed by atoms with Gasteiger partial charge >= 0.3 is 5.97 Å². The van der Waals surface area contributed by atoms with Crippen molar-refractivity contribution in [3.05, 3.63) is 54.1 Å². The first-order valence-corrected chi connectivity index (χ1v) is 15.7. The number of hydrogen-bond donors (Lipinski definition) is 1. The van der Waals surface area contributed by atoms with Gasteiger partial charge in [-0.25, -0.2) is 4.79 Å². The van der Waals surface area contributed by atoms with Gasteiger partial charge in [0, 0.05) is 5.54 Å². The molecule has 3 heteroatoms. The molecule has 0 radical (unpaired) electrons. The van der Waals surface area contributed by atoms with Crippen LogP contribution in [0.5, 0.6) is 0 Å². The lowest BCUT2D eigenvalue weighted by atomic mass is 9.33. The maximum absolute atomic E-state index is 12.0. The number of allylic oxidation sites excluding steroid dienone is 3. The van der Waals surface area contributed by atoms with Crippen LogP contribution in [0.1, 0.15) is 108 Å². The summed E-state index contributed by atoms with van der Waals surface area (Å²) < 4.78 is 4.93. The molecule has 0 heterocycles. The number of nitrogens with two attached hydrogens (primary N) is 1. The molecule has 4 fully saturated rings. The normalized spacial score (nSPS) is 46.1. The largest absolute Gasteiger partial charge is 0.465 e. The zero-order valence-electron chi connectivity index (χ0n) is 25.3. The molecule has 5 aliphatic rings. The topological polar surface area (TPSA) is 52.3 Å². The number of esters is 1. The molecule has 4 saturated carbocycles. The van der Waals surface area contributed by atoms with Crippen LogP contribution in [0.4, 0.5) is 0 Å². The Morgan fingerprint density at radius 3 is 2.31 bits per heavy atom. The molecule has 6 rings (SSSR count). The predicted octanol–water partition coefficient (Wildman–Crippen LogP) is 8.45. The molecular weight excluding hydrogens is 478 g/mol. The minimum absolute atomic E-state index is 0.0290. The number of rotatable bonds is 3. The van der Waals surface area contributed by atoms with Crippen LogP contribution in [-0.4, -0.2) is 18.6 Å². The van der Waals surface area contributed by atoms with Crippen molar-refractivity contribution < 1.29 is 9.53 Å². The number of benzene rings is 1. The first-order valence-electron chi connectivity index (χ1n) is 15.7. The molecular formula is C36H51NO2. The molecule has 0 aliphatic heterocycles. The Labute approximate surface area is 237 Å². The predicted molar refractivity (Wildman–Crippen MR) is 160 cm³/mol. The van der Waals surface area contributed by atoms with Crippen molar-refractivity contribution in [2.75, 3.05) is 7.11 Å². The van der Waals surface area contributed by atoms with E-state index in [4.69, 9.17) is 10.5 Å². The molecule has 1 aromatic carbocycles. The second-order valence-corrected chi connectivity index (χ2v) is 15.5. The number of fused-ring (bicyclic) bond motifs is 7. The molecule has 5 aliphatic carbocycles. The summed E-state index contributed by atoms with van der Waals surface area (Å²) in [6.07, 6.45) is 16.2. The molecule has 1 aromatic rings. The molecule has 0 unspecified atom stereocenters. The summed E-state index contributed by atoms with van der Waals surface area (Å²) in [5, 5.41) is 0. The van der Waals surface area contributed by atoms with Gasteiger partial charge in [-0.3, -0.25) is 0 Å². The standard InChI is InChI=1S/C36H51NO2/c1-8-23-15-20-36(37)22-21-34(5)27(30(23)36)13-14-29-33(4)18-16-26(24-9-11-25(12-10-24)31(38)39-7)32(2,3)28(33)17-19-35(29,34)6/h8-12,16,23,27-30H,1,13-15,17-22,37H2,2-7H3/t23-,27-,28+,29-,30-,33+,34-,35-,36+/m1/s1. The molecule has 0 bridgehead atoms. The lowest BCUT2D eigenvalue weighted by molar-refractivity contribution is -0.217. The molecule has 39 heavy (non-hydrogen) atoms. The molecule has 0 aromatic heterocycles. The molecule has 0 amide bonds. The highest BCUT2D eigenvalue weighted by atomic mass is 16.5. The highest BCUT2D eigenvalue weighted by molar-refractivity contribution is 5.89. The summed E-state index contributed by atoms with van der Waals surface area (Å²) in [7, 11) is 1.44. The summed E-state index contributed by atoms with van der Waals surface area (Å²) in [5.41, 5.74) is 11.6. The quantitative estimate of drug-likeness (QED) is 0.316. The molecule has 212 valence electrons. The molecule has 3 nitrogen and oxygen atoms in total. The Balaban J connectivity index is 1.34. The van der Waals surface area contributed by atoms with E-state index in [0.29, 0.717) is 39.6 Å². The fourth-order valence-corrected chi connectivity index (χ4v) is 12.0. The highest BCUT2D eigenvalue weighted by Gasteiger charge is 2.69.